The minimum atomic E-state index is 0.715. The summed E-state index contributed by atoms with van der Waals surface area (Å²) < 4.78 is 6.81. The van der Waals surface area contributed by atoms with Gasteiger partial charge in [0.15, 0.2) is 11.2 Å². The van der Waals surface area contributed by atoms with E-state index in [0.29, 0.717) is 13.1 Å². The van der Waals surface area contributed by atoms with Gasteiger partial charge < -0.3 is 24.0 Å². The van der Waals surface area contributed by atoms with Gasteiger partial charge in [0.1, 0.15) is 0 Å². The summed E-state index contributed by atoms with van der Waals surface area (Å²) in [5, 5.41) is 2.26. The van der Waals surface area contributed by atoms with Crippen LogP contribution in [0.3, 0.4) is 0 Å². The monoisotopic (exact) mass is 522 g/mol. The predicted octanol–water partition coefficient (Wildman–Crippen LogP) is 5.51. The molecular formula is C32H38N6O. The number of nitrogens with zero attached hydrogens (tertiary/aromatic N) is 6. The van der Waals surface area contributed by atoms with Gasteiger partial charge in [-0.2, -0.15) is 0 Å². The molecule has 39 heavy (non-hydrogen) atoms. The summed E-state index contributed by atoms with van der Waals surface area (Å²) in [7, 11) is 8.43. The Balaban J connectivity index is 1.59. The normalized spacial score (nSPS) is 11.6. The molecule has 0 aliphatic heterocycles. The molecule has 5 aromatic rings. The minimum Gasteiger partial charge on any atom is -0.452 e. The van der Waals surface area contributed by atoms with Crippen LogP contribution in [-0.4, -0.2) is 74.1 Å². The zero-order chi connectivity index (χ0) is 27.2. The van der Waals surface area contributed by atoms with Crippen LogP contribution >= 0.6 is 0 Å². The van der Waals surface area contributed by atoms with Gasteiger partial charge in [-0.15, -0.1) is 0 Å². The van der Waals surface area contributed by atoms with Crippen LogP contribution in [0.1, 0.15) is 11.4 Å². The van der Waals surface area contributed by atoms with Crippen molar-refractivity contribution in [2.45, 2.75) is 13.1 Å². The first kappa shape index (κ1) is 26.7. The van der Waals surface area contributed by atoms with Crippen molar-refractivity contribution in [1.29, 1.82) is 0 Å². The fourth-order valence-corrected chi connectivity index (χ4v) is 4.87. The maximum atomic E-state index is 6.81. The molecule has 5 rings (SSSR count). The van der Waals surface area contributed by atoms with Crippen LogP contribution < -0.4 is 9.80 Å². The Morgan fingerprint density at radius 3 is 1.38 bits per heavy atom. The smallest absolute Gasteiger partial charge is 0.158 e. The first-order chi connectivity index (χ1) is 19.0. The number of benzene rings is 2. The summed E-state index contributed by atoms with van der Waals surface area (Å²) in [6, 6.07) is 25.1. The highest BCUT2D eigenvalue weighted by Gasteiger charge is 2.20. The molecule has 0 saturated heterocycles. The number of anilines is 2. The Kier molecular flexibility index (Phi) is 8.39. The number of furan rings is 1. The molecular weight excluding hydrogens is 484 g/mol. The van der Waals surface area contributed by atoms with Crippen molar-refractivity contribution in [2.24, 2.45) is 0 Å². The van der Waals surface area contributed by atoms with Crippen molar-refractivity contribution in [3.8, 4) is 0 Å². The van der Waals surface area contributed by atoms with Crippen LogP contribution in [-0.2, 0) is 13.1 Å². The maximum Gasteiger partial charge on any atom is 0.158 e. The molecule has 0 aliphatic rings. The van der Waals surface area contributed by atoms with Crippen LogP contribution in [0.2, 0.25) is 0 Å². The Hall–Kier alpha value is -3.94. The molecule has 0 bridgehead atoms. The Morgan fingerprint density at radius 1 is 0.538 bits per heavy atom. The van der Waals surface area contributed by atoms with E-state index in [4.69, 9.17) is 4.42 Å². The van der Waals surface area contributed by atoms with Crippen molar-refractivity contribution >= 4 is 33.3 Å². The van der Waals surface area contributed by atoms with Gasteiger partial charge in [0.25, 0.3) is 0 Å². The topological polar surface area (TPSA) is 51.9 Å². The lowest BCUT2D eigenvalue weighted by atomic mass is 10.1. The summed E-state index contributed by atoms with van der Waals surface area (Å²) in [4.78, 5) is 18.4. The molecule has 202 valence electrons. The molecule has 7 heteroatoms. The van der Waals surface area contributed by atoms with E-state index in [1.807, 2.05) is 36.7 Å². The number of para-hydroxylation sites is 2. The Bertz CT molecular complexity index is 1370. The molecule has 0 saturated carbocycles. The van der Waals surface area contributed by atoms with Crippen molar-refractivity contribution < 1.29 is 4.42 Å². The molecule has 0 radical (unpaired) electrons. The molecule has 0 N–H and O–H groups in total. The van der Waals surface area contributed by atoms with Crippen molar-refractivity contribution in [3.05, 3.63) is 96.6 Å². The zero-order valence-corrected chi connectivity index (χ0v) is 23.4. The van der Waals surface area contributed by atoms with Crippen LogP contribution in [0.25, 0.3) is 21.9 Å². The second kappa shape index (κ2) is 12.3. The number of hydrogen-bond acceptors (Lipinski definition) is 7. The molecule has 0 fully saturated rings. The lowest BCUT2D eigenvalue weighted by Crippen LogP contribution is -2.31. The maximum absolute atomic E-state index is 6.81. The average Bonchev–Trinajstić information content (AvgIpc) is 3.33. The predicted molar refractivity (Wildman–Crippen MR) is 161 cm³/mol. The summed E-state index contributed by atoms with van der Waals surface area (Å²) in [6.45, 7) is 5.01. The second-order valence-corrected chi connectivity index (χ2v) is 10.5. The molecule has 3 aromatic heterocycles. The molecule has 0 spiro atoms. The summed E-state index contributed by atoms with van der Waals surface area (Å²) >= 11 is 0. The van der Waals surface area contributed by atoms with Gasteiger partial charge in [-0.25, -0.2) is 0 Å². The average molecular weight is 523 g/mol. The Morgan fingerprint density at radius 2 is 1.00 bits per heavy atom. The van der Waals surface area contributed by atoms with Gasteiger partial charge in [0.05, 0.1) is 35.9 Å². The van der Waals surface area contributed by atoms with E-state index in [9.17, 15) is 0 Å². The number of rotatable bonds is 12. The highest BCUT2D eigenvalue weighted by atomic mass is 16.3. The van der Waals surface area contributed by atoms with Gasteiger partial charge in [0, 0.05) is 49.3 Å². The third-order valence-corrected chi connectivity index (χ3v) is 6.96. The Labute approximate surface area is 231 Å². The molecule has 3 heterocycles. The van der Waals surface area contributed by atoms with Crippen LogP contribution in [0, 0.1) is 0 Å². The van der Waals surface area contributed by atoms with Gasteiger partial charge in [-0.3, -0.25) is 9.97 Å². The first-order valence-electron chi connectivity index (χ1n) is 13.5. The van der Waals surface area contributed by atoms with E-state index in [1.165, 1.54) is 0 Å². The van der Waals surface area contributed by atoms with Crippen LogP contribution in [0.15, 0.2) is 89.6 Å². The number of aromatic nitrogens is 2. The van der Waals surface area contributed by atoms with E-state index >= 15 is 0 Å². The quantitative estimate of drug-likeness (QED) is 0.214. The van der Waals surface area contributed by atoms with E-state index in [0.717, 1.165) is 70.9 Å². The molecule has 0 aliphatic carbocycles. The SMILES string of the molecule is CN(C)CCN(Cc1ccccn1)c1cccc2c1oc1c(N(CCN(C)C)Cc3ccccn3)cccc12. The highest BCUT2D eigenvalue weighted by Crippen LogP contribution is 2.39. The van der Waals surface area contributed by atoms with Gasteiger partial charge in [0.2, 0.25) is 0 Å². The lowest BCUT2D eigenvalue weighted by molar-refractivity contribution is 0.412. The zero-order valence-electron chi connectivity index (χ0n) is 23.4. The number of pyridine rings is 2. The van der Waals surface area contributed by atoms with E-state index in [2.05, 4.69) is 106 Å². The molecule has 0 unspecified atom stereocenters. The third-order valence-electron chi connectivity index (χ3n) is 6.96. The largest absolute Gasteiger partial charge is 0.452 e. The van der Waals surface area contributed by atoms with Crippen molar-refractivity contribution in [3.63, 3.8) is 0 Å². The van der Waals surface area contributed by atoms with Crippen LogP contribution in [0.4, 0.5) is 11.4 Å². The number of hydrogen-bond donors (Lipinski definition) is 0. The fourth-order valence-electron chi connectivity index (χ4n) is 4.87. The molecule has 0 atom stereocenters. The van der Waals surface area contributed by atoms with Crippen molar-refractivity contribution in [2.75, 3.05) is 64.2 Å². The number of fused-ring (bicyclic) bond motifs is 3. The molecule has 0 amide bonds. The summed E-state index contributed by atoms with van der Waals surface area (Å²) in [5.41, 5.74) is 6.09. The van der Waals surface area contributed by atoms with Crippen molar-refractivity contribution in [1.82, 2.24) is 19.8 Å². The van der Waals surface area contributed by atoms with E-state index in [-0.39, 0.29) is 0 Å². The van der Waals surface area contributed by atoms with Gasteiger partial charge >= 0.3 is 0 Å². The minimum absolute atomic E-state index is 0.715. The van der Waals surface area contributed by atoms with E-state index < -0.39 is 0 Å². The summed E-state index contributed by atoms with van der Waals surface area (Å²) in [6.07, 6.45) is 3.72. The molecule has 2 aromatic carbocycles. The third kappa shape index (κ3) is 6.38. The van der Waals surface area contributed by atoms with Gasteiger partial charge in [-0.1, -0.05) is 36.4 Å². The van der Waals surface area contributed by atoms with Gasteiger partial charge in [-0.05, 0) is 64.6 Å². The highest BCUT2D eigenvalue weighted by molar-refractivity contribution is 6.12. The number of likely N-dealkylation sites (N-methyl/N-ethyl adjacent to an activating group) is 2. The van der Waals surface area contributed by atoms with Crippen LogP contribution in [0.5, 0.6) is 0 Å². The van der Waals surface area contributed by atoms with E-state index in [1.54, 1.807) is 0 Å². The fraction of sp³-hybridized carbons (Fsp3) is 0.312. The summed E-state index contributed by atoms with van der Waals surface area (Å²) in [5.74, 6) is 0. The lowest BCUT2D eigenvalue weighted by Gasteiger charge is -2.26. The second-order valence-electron chi connectivity index (χ2n) is 10.5. The standard InChI is InChI=1S/C32H38N6O/c1-35(2)19-21-37(23-25-11-5-7-17-33-25)29-15-9-13-27-28-14-10-16-30(32(28)39-31(27)29)38(22-20-36(3)4)24-26-12-6-8-18-34-26/h5-18H,19-24H2,1-4H3. The molecule has 7 nitrogen and oxygen atoms in total. The first-order valence-corrected chi connectivity index (χ1v) is 13.5.